The molecule has 0 aromatic heterocycles. The van der Waals surface area contributed by atoms with Gasteiger partial charge >= 0.3 is 0 Å². The van der Waals surface area contributed by atoms with Crippen LogP contribution in [0.4, 0.5) is 0 Å². The third kappa shape index (κ3) is 2.60. The first-order chi connectivity index (χ1) is 13.5. The van der Waals surface area contributed by atoms with Gasteiger partial charge in [0.05, 0.1) is 0 Å². The van der Waals surface area contributed by atoms with E-state index in [0.717, 1.165) is 18.1 Å². The maximum atomic E-state index is 13.1. The maximum Gasteiger partial charge on any atom is 0.267 e. The number of hydrogen-bond acceptors (Lipinski definition) is 2. The number of para-hydroxylation sites is 1. The molecule has 1 saturated carbocycles. The van der Waals surface area contributed by atoms with E-state index in [0.29, 0.717) is 17.9 Å². The van der Waals surface area contributed by atoms with Crippen LogP contribution in [-0.2, 0) is 11.3 Å². The molecule has 1 saturated heterocycles. The summed E-state index contributed by atoms with van der Waals surface area (Å²) in [6.07, 6.45) is 0.751. The summed E-state index contributed by atoms with van der Waals surface area (Å²) in [6, 6.07) is 20.1. The van der Waals surface area contributed by atoms with Crippen molar-refractivity contribution in [1.82, 2.24) is 4.90 Å². The van der Waals surface area contributed by atoms with E-state index in [1.54, 1.807) is 0 Å². The van der Waals surface area contributed by atoms with E-state index < -0.39 is 6.10 Å². The molecule has 2 aromatic rings. The predicted octanol–water partition coefficient (Wildman–Crippen LogP) is 4.84. The summed E-state index contributed by atoms with van der Waals surface area (Å²) in [4.78, 5) is 15.1. The molecular formula is C25H27NO2. The summed E-state index contributed by atoms with van der Waals surface area (Å²) < 4.78 is 6.21. The summed E-state index contributed by atoms with van der Waals surface area (Å²) in [7, 11) is 0. The van der Waals surface area contributed by atoms with Crippen LogP contribution in [0.2, 0.25) is 0 Å². The van der Waals surface area contributed by atoms with Gasteiger partial charge in [0.15, 0.2) is 0 Å². The van der Waals surface area contributed by atoms with Crippen molar-refractivity contribution in [3.8, 4) is 5.75 Å². The summed E-state index contributed by atoms with van der Waals surface area (Å²) in [6.45, 7) is 7.63. The molecule has 0 radical (unpaired) electrons. The van der Waals surface area contributed by atoms with Crippen molar-refractivity contribution in [1.29, 1.82) is 0 Å². The number of benzene rings is 2. The summed E-state index contributed by atoms with van der Waals surface area (Å²) >= 11 is 0. The Kier molecular flexibility index (Phi) is 3.90. The van der Waals surface area contributed by atoms with E-state index in [1.807, 2.05) is 53.4 Å². The SMILES string of the molecule is CC1=C([C@@H]2[C@H](Oc3ccccc3)C(=O)N2Cc2ccccc2)[C@@H]2[C@H](C1)C2(C)C. The first kappa shape index (κ1) is 17.5. The number of likely N-dealkylation sites (tertiary alicyclic amines) is 1. The largest absolute Gasteiger partial charge is 0.478 e. The molecule has 2 aliphatic carbocycles. The Hall–Kier alpha value is -2.55. The molecule has 1 aliphatic heterocycles. The Morgan fingerprint density at radius 2 is 1.68 bits per heavy atom. The highest BCUT2D eigenvalue weighted by Gasteiger charge is 2.67. The Morgan fingerprint density at radius 3 is 2.32 bits per heavy atom. The second kappa shape index (κ2) is 6.23. The fourth-order valence-corrected chi connectivity index (χ4v) is 5.46. The van der Waals surface area contributed by atoms with Crippen molar-refractivity contribution in [3.05, 3.63) is 77.4 Å². The molecule has 5 rings (SSSR count). The van der Waals surface area contributed by atoms with Gasteiger partial charge in [-0.2, -0.15) is 0 Å². The second-order valence-corrected chi connectivity index (χ2v) is 9.09. The van der Waals surface area contributed by atoms with Gasteiger partial charge in [-0.15, -0.1) is 0 Å². The molecule has 0 unspecified atom stereocenters. The van der Waals surface area contributed by atoms with E-state index >= 15 is 0 Å². The molecule has 3 heteroatoms. The second-order valence-electron chi connectivity index (χ2n) is 9.09. The highest BCUT2D eigenvalue weighted by atomic mass is 16.5. The van der Waals surface area contributed by atoms with Gasteiger partial charge in [0, 0.05) is 6.54 Å². The topological polar surface area (TPSA) is 29.5 Å². The van der Waals surface area contributed by atoms with E-state index in [2.05, 4.69) is 32.9 Å². The lowest BCUT2D eigenvalue weighted by Crippen LogP contribution is -2.67. The fraction of sp³-hybridized carbons (Fsp3) is 0.400. The van der Waals surface area contributed by atoms with E-state index in [-0.39, 0.29) is 11.9 Å². The minimum atomic E-state index is -0.411. The molecule has 2 aromatic carbocycles. The number of β-lactam (4-membered cyclic amide) rings is 1. The average Bonchev–Trinajstić information content (AvgIpc) is 3.04. The zero-order chi connectivity index (χ0) is 19.5. The summed E-state index contributed by atoms with van der Waals surface area (Å²) in [5.74, 6) is 2.19. The molecule has 0 bridgehead atoms. The van der Waals surface area contributed by atoms with Gasteiger partial charge in [0.1, 0.15) is 11.8 Å². The Morgan fingerprint density at radius 1 is 1.04 bits per heavy atom. The fourth-order valence-electron chi connectivity index (χ4n) is 5.46. The number of allylic oxidation sites excluding steroid dienone is 1. The van der Waals surface area contributed by atoms with Crippen LogP contribution < -0.4 is 4.74 Å². The van der Waals surface area contributed by atoms with Crippen LogP contribution in [0.5, 0.6) is 5.75 Å². The molecule has 2 fully saturated rings. The van der Waals surface area contributed by atoms with Crippen LogP contribution >= 0.6 is 0 Å². The molecule has 3 aliphatic rings. The first-order valence-electron chi connectivity index (χ1n) is 10.2. The molecule has 1 amide bonds. The third-order valence-corrected chi connectivity index (χ3v) is 7.07. The Balaban J connectivity index is 1.46. The molecule has 3 nitrogen and oxygen atoms in total. The van der Waals surface area contributed by atoms with Crippen LogP contribution in [0.1, 0.15) is 32.8 Å². The van der Waals surface area contributed by atoms with Crippen molar-refractivity contribution in [3.63, 3.8) is 0 Å². The number of amides is 1. The third-order valence-electron chi connectivity index (χ3n) is 7.07. The minimum Gasteiger partial charge on any atom is -0.478 e. The number of carbonyl (C=O) groups excluding carboxylic acids is 1. The van der Waals surface area contributed by atoms with Gasteiger partial charge in [-0.05, 0) is 53.9 Å². The van der Waals surface area contributed by atoms with Gasteiger partial charge in [-0.3, -0.25) is 4.79 Å². The lowest BCUT2D eigenvalue weighted by Gasteiger charge is -2.48. The Bertz CT molecular complexity index is 880. The van der Waals surface area contributed by atoms with Crippen molar-refractivity contribution in [2.75, 3.05) is 0 Å². The van der Waals surface area contributed by atoms with Gasteiger partial charge in [0.25, 0.3) is 5.91 Å². The molecule has 0 N–H and O–H groups in total. The summed E-state index contributed by atoms with van der Waals surface area (Å²) in [5, 5.41) is 0. The number of rotatable bonds is 5. The zero-order valence-electron chi connectivity index (χ0n) is 16.8. The lowest BCUT2D eigenvalue weighted by molar-refractivity contribution is -0.161. The lowest BCUT2D eigenvalue weighted by atomic mass is 9.83. The summed E-state index contributed by atoms with van der Waals surface area (Å²) in [5.41, 5.74) is 4.45. The minimum absolute atomic E-state index is 0.0460. The molecule has 0 spiro atoms. The number of fused-ring (bicyclic) bond motifs is 1. The van der Waals surface area contributed by atoms with Gasteiger partial charge in [-0.1, -0.05) is 68.0 Å². The van der Waals surface area contributed by atoms with E-state index in [9.17, 15) is 4.79 Å². The Labute approximate surface area is 167 Å². The van der Waals surface area contributed by atoms with Crippen LogP contribution in [0, 0.1) is 17.3 Å². The highest BCUT2D eigenvalue weighted by molar-refractivity contribution is 5.90. The van der Waals surface area contributed by atoms with Crippen LogP contribution in [-0.4, -0.2) is 23.0 Å². The first-order valence-corrected chi connectivity index (χ1v) is 10.2. The number of ether oxygens (including phenoxy) is 1. The van der Waals surface area contributed by atoms with Crippen molar-refractivity contribution >= 4 is 5.91 Å². The molecular weight excluding hydrogens is 346 g/mol. The van der Waals surface area contributed by atoms with Crippen molar-refractivity contribution in [2.24, 2.45) is 17.3 Å². The van der Waals surface area contributed by atoms with Gasteiger partial charge in [-0.25, -0.2) is 0 Å². The quantitative estimate of drug-likeness (QED) is 0.554. The predicted molar refractivity (Wildman–Crippen MR) is 110 cm³/mol. The van der Waals surface area contributed by atoms with Crippen molar-refractivity contribution in [2.45, 2.75) is 45.9 Å². The smallest absolute Gasteiger partial charge is 0.267 e. The standard InChI is InChI=1S/C25H27NO2/c1-16-14-19-21(25(19,2)3)20(16)22-23(28-18-12-8-5-9-13-18)24(27)26(22)15-17-10-6-4-7-11-17/h4-13,19,21-23H,14-15H2,1-3H3/t19-,21-,22+,23-/m0/s1. The van der Waals surface area contributed by atoms with E-state index in [4.69, 9.17) is 4.74 Å². The van der Waals surface area contributed by atoms with Crippen LogP contribution in [0.25, 0.3) is 0 Å². The van der Waals surface area contributed by atoms with Crippen molar-refractivity contribution < 1.29 is 9.53 Å². The number of hydrogen-bond donors (Lipinski definition) is 0. The maximum absolute atomic E-state index is 13.1. The number of carbonyl (C=O) groups is 1. The zero-order valence-corrected chi connectivity index (χ0v) is 16.8. The van der Waals surface area contributed by atoms with Crippen LogP contribution in [0.15, 0.2) is 71.8 Å². The average molecular weight is 373 g/mol. The normalized spacial score (nSPS) is 30.1. The molecule has 4 atom stereocenters. The number of nitrogens with zero attached hydrogens (tertiary/aromatic N) is 1. The molecule has 144 valence electrons. The monoisotopic (exact) mass is 373 g/mol. The van der Waals surface area contributed by atoms with Gasteiger partial charge < -0.3 is 9.64 Å². The van der Waals surface area contributed by atoms with E-state index in [1.165, 1.54) is 16.7 Å². The molecule has 28 heavy (non-hydrogen) atoms. The van der Waals surface area contributed by atoms with Gasteiger partial charge in [0.2, 0.25) is 6.10 Å². The molecule has 1 heterocycles. The van der Waals surface area contributed by atoms with Crippen LogP contribution in [0.3, 0.4) is 0 Å². The highest BCUT2D eigenvalue weighted by Crippen LogP contribution is 2.70.